The third-order valence-electron chi connectivity index (χ3n) is 14.6. The predicted octanol–water partition coefficient (Wildman–Crippen LogP) is -11.1. The molecule has 0 bridgehead atoms. The molecule has 0 atom stereocenters. The lowest BCUT2D eigenvalue weighted by Gasteiger charge is -2.26. The van der Waals surface area contributed by atoms with Crippen LogP contribution in [0.3, 0.4) is 0 Å². The van der Waals surface area contributed by atoms with Crippen LogP contribution in [0.5, 0.6) is 0 Å². The van der Waals surface area contributed by atoms with E-state index in [-0.39, 0.29) is 176 Å². The monoisotopic (exact) mass is 924 g/mol. The third-order valence-corrected chi connectivity index (χ3v) is 15.5. The lowest BCUT2D eigenvalue weighted by Crippen LogP contribution is -2.55. The molecule has 0 unspecified atom stereocenters. The molecular formula is C49H12B20N4OS. The molecule has 3 heterocycles. The van der Waals surface area contributed by atoms with Crippen LogP contribution in [-0.2, 0) is 5.41 Å². The van der Waals surface area contributed by atoms with Gasteiger partial charge in [-0.25, -0.2) is 19.9 Å². The van der Waals surface area contributed by atoms with Crippen molar-refractivity contribution < 1.29 is 4.42 Å². The van der Waals surface area contributed by atoms with Gasteiger partial charge in [-0.3, -0.25) is 0 Å². The molecule has 26 heteroatoms. The first kappa shape index (κ1) is 51.6. The van der Waals surface area contributed by atoms with Crippen LogP contribution in [-0.4, -0.2) is 177 Å². The topological polar surface area (TPSA) is 64.7 Å². The number of thiazole rings is 1. The van der Waals surface area contributed by atoms with Crippen molar-refractivity contribution in [3.63, 3.8) is 0 Å². The average Bonchev–Trinajstić information content (AvgIpc) is 4.13. The smallest absolute Gasteiger partial charge is 0.162 e. The van der Waals surface area contributed by atoms with Crippen molar-refractivity contribution in [3.8, 4) is 67.5 Å². The average molecular weight is 921 g/mol. The number of nitrogens with zero attached hydrogens (tertiary/aromatic N) is 4. The van der Waals surface area contributed by atoms with Crippen LogP contribution in [0, 0.1) is 0 Å². The largest absolute Gasteiger partial charge is 0.455 e. The summed E-state index contributed by atoms with van der Waals surface area (Å²) in [5.41, 5.74) is 5.56. The molecule has 0 fully saturated rings. The standard InChI is InChI=1S/C49H12B20N4OS/c1-49(2)11-5-6-13-45(75-8-70-13)15(11)10-4-3-9(7-12(10)49)14-24(51)34(61)27(54)18-19-28(55)36(63)26(53)17(44(19)74-43(14)18)16-23(50)20(29(56)35(62)25(16)52)46-71-47(21-30(57)37(64)41(68)38(65)31(21)58)73-48(72-46)22-32(59)39(66)42(69)40(67)33(22)60/h3-8H,1-2H3. The van der Waals surface area contributed by atoms with Crippen LogP contribution in [0.25, 0.3) is 99.7 Å². The van der Waals surface area contributed by atoms with Gasteiger partial charge in [-0.05, 0) is 39.9 Å². The normalized spacial score (nSPS) is 12.8. The van der Waals surface area contributed by atoms with E-state index in [9.17, 15) is 0 Å². The first-order valence-corrected chi connectivity index (χ1v) is 23.5. The second-order valence-electron chi connectivity index (χ2n) is 18.9. The molecule has 0 saturated carbocycles. The predicted molar refractivity (Wildman–Crippen MR) is 333 cm³/mol. The molecule has 0 N–H and O–H groups in total. The summed E-state index contributed by atoms with van der Waals surface area (Å²) in [5, 5.41) is 0.474. The van der Waals surface area contributed by atoms with Crippen molar-refractivity contribution in [2.24, 2.45) is 0 Å². The van der Waals surface area contributed by atoms with E-state index >= 15 is 0 Å². The molecule has 40 radical (unpaired) electrons. The van der Waals surface area contributed by atoms with Gasteiger partial charge in [0.1, 0.15) is 168 Å². The van der Waals surface area contributed by atoms with Crippen molar-refractivity contribution in [1.82, 2.24) is 19.9 Å². The van der Waals surface area contributed by atoms with Gasteiger partial charge < -0.3 is 4.42 Å². The van der Waals surface area contributed by atoms with Crippen LogP contribution in [0.2, 0.25) is 0 Å². The molecule has 1 aliphatic carbocycles. The fraction of sp³-hybridized carbons (Fsp3) is 0.0612. The third kappa shape index (κ3) is 7.11. The Hall–Kier alpha value is -5.46. The summed E-state index contributed by atoms with van der Waals surface area (Å²) in [4.78, 5) is 18.8. The lowest BCUT2D eigenvalue weighted by atomic mass is 9.60. The molecular weight excluding hydrogens is 909 g/mol. The van der Waals surface area contributed by atoms with Crippen molar-refractivity contribution in [2.75, 3.05) is 0 Å². The zero-order valence-corrected chi connectivity index (χ0v) is 40.9. The SMILES string of the molecule is [B]c1c([B])c([B])c(-c2nc(-c3c([B])c([B])c([B])c([B])c3[B])nc(-c3c([B])c([B])c([B])c(-c4c([B])c([B])c([B])c5c4oc4c(-c6ccc7c(c6)C(C)(C)c6ccc8ncsc8c6-7)c([B])c([B])c([B])c45)c3[B])n2)c([B])c1[B]. The molecule has 10 aromatic rings. The second kappa shape index (κ2) is 17.8. The summed E-state index contributed by atoms with van der Waals surface area (Å²) >= 11 is 1.58. The van der Waals surface area contributed by atoms with Crippen LogP contribution < -0.4 is 109 Å². The molecule has 5 nitrogen and oxygen atoms in total. The Morgan fingerprint density at radius 1 is 0.373 bits per heavy atom. The van der Waals surface area contributed by atoms with E-state index in [2.05, 4.69) is 35.9 Å². The summed E-state index contributed by atoms with van der Waals surface area (Å²) in [7, 11) is 133. The van der Waals surface area contributed by atoms with E-state index < -0.39 is 5.41 Å². The number of hydrogen-bond donors (Lipinski definition) is 0. The van der Waals surface area contributed by atoms with Crippen LogP contribution >= 0.6 is 11.3 Å². The molecule has 0 aliphatic heterocycles. The van der Waals surface area contributed by atoms with Crippen molar-refractivity contribution in [3.05, 3.63) is 47.0 Å². The Kier molecular flexibility index (Phi) is 12.3. The number of fused-ring (bicyclic) bond motifs is 8. The summed E-state index contributed by atoms with van der Waals surface area (Å²) < 4.78 is 8.03. The van der Waals surface area contributed by atoms with Crippen LogP contribution in [0.1, 0.15) is 25.0 Å². The van der Waals surface area contributed by atoms with Crippen molar-refractivity contribution in [1.29, 1.82) is 0 Å². The van der Waals surface area contributed by atoms with Gasteiger partial charge in [0.05, 0.1) is 15.7 Å². The molecule has 3 aromatic heterocycles. The van der Waals surface area contributed by atoms with Gasteiger partial charge in [0.25, 0.3) is 0 Å². The molecule has 7 aromatic carbocycles. The molecule has 0 amide bonds. The van der Waals surface area contributed by atoms with Crippen molar-refractivity contribution >= 4 is 310 Å². The van der Waals surface area contributed by atoms with Gasteiger partial charge in [0, 0.05) is 49.6 Å². The van der Waals surface area contributed by atoms with Crippen molar-refractivity contribution in [2.45, 2.75) is 19.3 Å². The minimum atomic E-state index is -0.438. The highest BCUT2D eigenvalue weighted by Gasteiger charge is 2.38. The second-order valence-corrected chi connectivity index (χ2v) is 19.8. The number of hydrogen-bond acceptors (Lipinski definition) is 6. The molecule has 300 valence electrons. The molecule has 0 saturated heterocycles. The number of rotatable bonds is 5. The number of furan rings is 1. The maximum Gasteiger partial charge on any atom is 0.162 e. The van der Waals surface area contributed by atoms with E-state index in [1.807, 2.05) is 23.7 Å². The van der Waals surface area contributed by atoms with Gasteiger partial charge in [0.15, 0.2) is 17.5 Å². The fourth-order valence-electron chi connectivity index (χ4n) is 10.4. The van der Waals surface area contributed by atoms with E-state index in [1.165, 1.54) is 0 Å². The van der Waals surface area contributed by atoms with E-state index in [1.54, 1.807) is 11.3 Å². The zero-order valence-electron chi connectivity index (χ0n) is 40.1. The maximum absolute atomic E-state index is 7.27. The fourth-order valence-corrected chi connectivity index (χ4v) is 11.3. The quantitative estimate of drug-likeness (QED) is 0.161. The van der Waals surface area contributed by atoms with Gasteiger partial charge in [-0.1, -0.05) is 92.1 Å². The van der Waals surface area contributed by atoms with Gasteiger partial charge in [-0.15, -0.1) is 60.5 Å². The Labute approximate surface area is 464 Å². The van der Waals surface area contributed by atoms with Crippen LogP contribution in [0.4, 0.5) is 0 Å². The van der Waals surface area contributed by atoms with Gasteiger partial charge in [0.2, 0.25) is 0 Å². The molecule has 0 spiro atoms. The zero-order chi connectivity index (χ0) is 54.1. The summed E-state index contributed by atoms with van der Waals surface area (Å²) in [6.07, 6.45) is 0. The first-order valence-electron chi connectivity index (χ1n) is 22.6. The van der Waals surface area contributed by atoms with Crippen LogP contribution in [0.15, 0.2) is 40.3 Å². The highest BCUT2D eigenvalue weighted by molar-refractivity contribution is 7.17. The van der Waals surface area contributed by atoms with E-state index in [0.717, 1.165) is 32.5 Å². The lowest BCUT2D eigenvalue weighted by molar-refractivity contribution is 0.660. The highest BCUT2D eigenvalue weighted by atomic mass is 32.1. The molecule has 1 aliphatic rings. The number of benzene rings is 7. The Bertz CT molecular complexity index is 4160. The highest BCUT2D eigenvalue weighted by Crippen LogP contribution is 2.53. The molecule has 11 rings (SSSR count). The maximum atomic E-state index is 7.27. The minimum absolute atomic E-state index is 0.00657. The van der Waals surface area contributed by atoms with Gasteiger partial charge >= 0.3 is 0 Å². The Balaban J connectivity index is 1.21. The summed E-state index contributed by atoms with van der Waals surface area (Å²) in [6, 6.07) is 10.2. The summed E-state index contributed by atoms with van der Waals surface area (Å²) in [5.74, 6) is -0.792. The molecule has 75 heavy (non-hydrogen) atoms. The Morgan fingerprint density at radius 2 is 0.760 bits per heavy atom. The van der Waals surface area contributed by atoms with Gasteiger partial charge in [-0.2, -0.15) is 0 Å². The first-order chi connectivity index (χ1) is 35.3. The van der Waals surface area contributed by atoms with E-state index in [4.69, 9.17) is 171 Å². The van der Waals surface area contributed by atoms with E-state index in [0.29, 0.717) is 11.1 Å². The Morgan fingerprint density at radius 3 is 1.25 bits per heavy atom. The number of aromatic nitrogens is 4. The summed E-state index contributed by atoms with van der Waals surface area (Å²) in [6.45, 7) is 4.32. The minimum Gasteiger partial charge on any atom is -0.455 e.